The molecule has 2 aromatic rings. The predicted octanol–water partition coefficient (Wildman–Crippen LogP) is 2.26. The predicted molar refractivity (Wildman–Crippen MR) is 98.7 cm³/mol. The van der Waals surface area contributed by atoms with Gasteiger partial charge < -0.3 is 10.4 Å². The van der Waals surface area contributed by atoms with E-state index in [1.165, 1.54) is 6.92 Å². The standard InChI is InChI=1S/C20H18N2O5/c1-12(23)14-4-8-16(9-5-14)22-18(24)11-17(20(22)27)21-15-6-2-13(3-7-15)10-19(25)26/h2-9,17,21H,10-11H2,1H3,(H,25,26)/t17-/m0/s1. The number of Topliss-reactive ketones (excluding diaryl/α,β-unsaturated/α-hetero) is 1. The number of nitrogens with zero attached hydrogens (tertiary/aromatic N) is 1. The minimum atomic E-state index is -0.918. The number of benzene rings is 2. The first kappa shape index (κ1) is 18.3. The van der Waals surface area contributed by atoms with Crippen LogP contribution in [0.1, 0.15) is 29.3 Å². The van der Waals surface area contributed by atoms with Gasteiger partial charge in [0.1, 0.15) is 6.04 Å². The molecule has 1 atom stereocenters. The molecule has 0 bridgehead atoms. The Balaban J connectivity index is 1.72. The van der Waals surface area contributed by atoms with Gasteiger partial charge in [-0.25, -0.2) is 4.90 Å². The van der Waals surface area contributed by atoms with E-state index in [0.29, 0.717) is 22.5 Å². The van der Waals surface area contributed by atoms with Gasteiger partial charge in [-0.2, -0.15) is 0 Å². The van der Waals surface area contributed by atoms with Crippen molar-refractivity contribution in [1.82, 2.24) is 0 Å². The molecule has 0 aromatic heterocycles. The number of carbonyl (C=O) groups is 4. The smallest absolute Gasteiger partial charge is 0.307 e. The van der Waals surface area contributed by atoms with Crippen LogP contribution in [-0.2, 0) is 20.8 Å². The topological polar surface area (TPSA) is 104 Å². The van der Waals surface area contributed by atoms with Crippen molar-refractivity contribution in [2.45, 2.75) is 25.8 Å². The van der Waals surface area contributed by atoms with E-state index in [1.54, 1.807) is 48.5 Å². The number of carbonyl (C=O) groups excluding carboxylic acids is 3. The Hall–Kier alpha value is -3.48. The van der Waals surface area contributed by atoms with E-state index in [0.717, 1.165) is 4.90 Å². The molecular weight excluding hydrogens is 348 g/mol. The number of imide groups is 1. The molecule has 2 aromatic carbocycles. The molecule has 0 unspecified atom stereocenters. The van der Waals surface area contributed by atoms with Crippen molar-refractivity contribution in [2.75, 3.05) is 10.2 Å². The van der Waals surface area contributed by atoms with Crippen molar-refractivity contribution in [3.8, 4) is 0 Å². The summed E-state index contributed by atoms with van der Waals surface area (Å²) in [4.78, 5) is 48.1. The van der Waals surface area contributed by atoms with Crippen molar-refractivity contribution in [3.05, 3.63) is 59.7 Å². The molecule has 0 radical (unpaired) electrons. The van der Waals surface area contributed by atoms with Crippen LogP contribution in [0.25, 0.3) is 0 Å². The van der Waals surface area contributed by atoms with Gasteiger partial charge in [0, 0.05) is 11.3 Å². The molecule has 1 fully saturated rings. The molecule has 0 spiro atoms. The summed E-state index contributed by atoms with van der Waals surface area (Å²) in [5, 5.41) is 11.8. The Morgan fingerprint density at radius 2 is 1.70 bits per heavy atom. The second-order valence-corrected chi connectivity index (χ2v) is 6.34. The largest absolute Gasteiger partial charge is 0.481 e. The highest BCUT2D eigenvalue weighted by Crippen LogP contribution is 2.25. The van der Waals surface area contributed by atoms with Gasteiger partial charge in [-0.1, -0.05) is 12.1 Å². The summed E-state index contributed by atoms with van der Waals surface area (Å²) < 4.78 is 0. The van der Waals surface area contributed by atoms with Crippen LogP contribution in [0.3, 0.4) is 0 Å². The number of anilines is 2. The lowest BCUT2D eigenvalue weighted by molar-refractivity contribution is -0.136. The lowest BCUT2D eigenvalue weighted by Crippen LogP contribution is -2.34. The summed E-state index contributed by atoms with van der Waals surface area (Å²) in [5.41, 5.74) is 2.21. The zero-order valence-electron chi connectivity index (χ0n) is 14.6. The second kappa shape index (κ2) is 7.41. The van der Waals surface area contributed by atoms with Crippen molar-refractivity contribution >= 4 is 34.9 Å². The molecule has 0 saturated carbocycles. The summed E-state index contributed by atoms with van der Waals surface area (Å²) >= 11 is 0. The first-order valence-electron chi connectivity index (χ1n) is 8.40. The molecule has 2 N–H and O–H groups in total. The molecule has 1 saturated heterocycles. The van der Waals surface area contributed by atoms with E-state index in [4.69, 9.17) is 5.11 Å². The normalized spacial score (nSPS) is 16.5. The fraction of sp³-hybridized carbons (Fsp3) is 0.200. The van der Waals surface area contributed by atoms with Gasteiger partial charge in [-0.3, -0.25) is 19.2 Å². The van der Waals surface area contributed by atoms with Gasteiger partial charge >= 0.3 is 5.97 Å². The van der Waals surface area contributed by atoms with Gasteiger partial charge in [0.15, 0.2) is 5.78 Å². The first-order valence-corrected chi connectivity index (χ1v) is 8.40. The number of ketones is 1. The average Bonchev–Trinajstić information content (AvgIpc) is 2.90. The third kappa shape index (κ3) is 4.03. The number of carboxylic acids is 1. The van der Waals surface area contributed by atoms with Gasteiger partial charge in [-0.05, 0) is 48.9 Å². The molecule has 1 heterocycles. The molecule has 138 valence electrons. The quantitative estimate of drug-likeness (QED) is 0.600. The fourth-order valence-electron chi connectivity index (χ4n) is 2.96. The lowest BCUT2D eigenvalue weighted by Gasteiger charge is -2.16. The number of carboxylic acid groups (broad SMARTS) is 1. The highest BCUT2D eigenvalue weighted by Gasteiger charge is 2.39. The van der Waals surface area contributed by atoms with Crippen molar-refractivity contribution < 1.29 is 24.3 Å². The maximum Gasteiger partial charge on any atom is 0.307 e. The highest BCUT2D eigenvalue weighted by molar-refractivity contribution is 6.23. The third-order valence-corrected chi connectivity index (χ3v) is 4.33. The molecule has 1 aliphatic rings. The fourth-order valence-corrected chi connectivity index (χ4v) is 2.96. The van der Waals surface area contributed by atoms with E-state index >= 15 is 0 Å². The number of aliphatic carboxylic acids is 1. The number of hydrogen-bond donors (Lipinski definition) is 2. The number of hydrogen-bond acceptors (Lipinski definition) is 5. The third-order valence-electron chi connectivity index (χ3n) is 4.33. The molecule has 2 amide bonds. The van der Waals surface area contributed by atoms with Crippen molar-refractivity contribution in [2.24, 2.45) is 0 Å². The van der Waals surface area contributed by atoms with Crippen LogP contribution >= 0.6 is 0 Å². The molecular formula is C20H18N2O5. The van der Waals surface area contributed by atoms with Crippen LogP contribution in [0.5, 0.6) is 0 Å². The molecule has 1 aliphatic heterocycles. The first-order chi connectivity index (χ1) is 12.8. The second-order valence-electron chi connectivity index (χ2n) is 6.34. The van der Waals surface area contributed by atoms with Crippen LogP contribution < -0.4 is 10.2 Å². The molecule has 27 heavy (non-hydrogen) atoms. The Morgan fingerprint density at radius 1 is 1.07 bits per heavy atom. The zero-order valence-corrected chi connectivity index (χ0v) is 14.6. The minimum absolute atomic E-state index is 0.0180. The van der Waals surface area contributed by atoms with Gasteiger partial charge in [0.05, 0.1) is 18.5 Å². The van der Waals surface area contributed by atoms with E-state index in [-0.39, 0.29) is 30.4 Å². The maximum absolute atomic E-state index is 12.6. The monoisotopic (exact) mass is 366 g/mol. The average molecular weight is 366 g/mol. The van der Waals surface area contributed by atoms with E-state index in [2.05, 4.69) is 5.32 Å². The summed E-state index contributed by atoms with van der Waals surface area (Å²) in [6.07, 6.45) is -0.0602. The molecule has 0 aliphatic carbocycles. The van der Waals surface area contributed by atoms with E-state index in [9.17, 15) is 19.2 Å². The van der Waals surface area contributed by atoms with Crippen LogP contribution in [0.4, 0.5) is 11.4 Å². The van der Waals surface area contributed by atoms with Crippen LogP contribution in [0.15, 0.2) is 48.5 Å². The summed E-state index contributed by atoms with van der Waals surface area (Å²) in [7, 11) is 0. The SMILES string of the molecule is CC(=O)c1ccc(N2C(=O)C[C@H](Nc3ccc(CC(=O)O)cc3)C2=O)cc1. The van der Waals surface area contributed by atoms with E-state index in [1.807, 2.05) is 0 Å². The molecule has 7 nitrogen and oxygen atoms in total. The molecule has 3 rings (SSSR count). The Bertz CT molecular complexity index is 903. The lowest BCUT2D eigenvalue weighted by atomic mass is 10.1. The van der Waals surface area contributed by atoms with Gasteiger partial charge in [0.2, 0.25) is 5.91 Å². The number of amides is 2. The van der Waals surface area contributed by atoms with Gasteiger partial charge in [0.25, 0.3) is 5.91 Å². The Morgan fingerprint density at radius 3 is 2.26 bits per heavy atom. The van der Waals surface area contributed by atoms with Crippen LogP contribution in [0.2, 0.25) is 0 Å². The maximum atomic E-state index is 12.6. The van der Waals surface area contributed by atoms with Crippen molar-refractivity contribution in [1.29, 1.82) is 0 Å². The van der Waals surface area contributed by atoms with Crippen molar-refractivity contribution in [3.63, 3.8) is 0 Å². The Kier molecular flexibility index (Phi) is 5.03. The Labute approximate surface area is 155 Å². The number of rotatable bonds is 6. The highest BCUT2D eigenvalue weighted by atomic mass is 16.4. The zero-order chi connectivity index (χ0) is 19.6. The summed E-state index contributed by atoms with van der Waals surface area (Å²) in [6.45, 7) is 1.45. The minimum Gasteiger partial charge on any atom is -0.481 e. The van der Waals surface area contributed by atoms with Gasteiger partial charge in [-0.15, -0.1) is 0 Å². The van der Waals surface area contributed by atoms with Crippen LogP contribution in [0, 0.1) is 0 Å². The van der Waals surface area contributed by atoms with Crippen LogP contribution in [-0.4, -0.2) is 34.7 Å². The number of nitrogens with one attached hydrogen (secondary N) is 1. The molecule has 7 heteroatoms. The summed E-state index contributed by atoms with van der Waals surface area (Å²) in [5.74, 6) is -1.70. The summed E-state index contributed by atoms with van der Waals surface area (Å²) in [6, 6.07) is 12.3. The van der Waals surface area contributed by atoms with E-state index < -0.39 is 12.0 Å².